The quantitative estimate of drug-likeness (QED) is 0.234. The second kappa shape index (κ2) is 12.1. The van der Waals surface area contributed by atoms with Gasteiger partial charge >= 0.3 is 5.97 Å². The number of hydrogen-bond acceptors (Lipinski definition) is 10. The molecule has 1 saturated heterocycles. The van der Waals surface area contributed by atoms with Crippen molar-refractivity contribution in [3.8, 4) is 11.5 Å². The highest BCUT2D eigenvalue weighted by Crippen LogP contribution is 2.35. The van der Waals surface area contributed by atoms with Gasteiger partial charge in [-0.1, -0.05) is 35.6 Å². The zero-order chi connectivity index (χ0) is 30.0. The molecule has 2 aromatic carbocycles. The van der Waals surface area contributed by atoms with Crippen LogP contribution in [-0.2, 0) is 19.1 Å². The van der Waals surface area contributed by atoms with E-state index in [1.165, 1.54) is 28.9 Å². The van der Waals surface area contributed by atoms with Gasteiger partial charge in [-0.05, 0) is 62.0 Å². The van der Waals surface area contributed by atoms with Crippen molar-refractivity contribution in [2.24, 2.45) is 10.9 Å². The summed E-state index contributed by atoms with van der Waals surface area (Å²) < 4.78 is 17.9. The maximum atomic E-state index is 13.9. The predicted octanol–water partition coefficient (Wildman–Crippen LogP) is 1.83. The SMILES string of the molecule is CCOc1ccc([C@@H]2C(C(=O)OC)=CN=c3s/c(=C\[C@H]4C(=O)NC(=S)N(c5ccccc5)C4=O)c(=O)n32)cc1OCC. The number of nitrogens with zero attached hydrogens (tertiary/aromatic N) is 3. The number of fused-ring (bicyclic) bond motifs is 1. The summed E-state index contributed by atoms with van der Waals surface area (Å²) in [6.07, 6.45) is 2.66. The van der Waals surface area contributed by atoms with Crippen molar-refractivity contribution in [2.75, 3.05) is 25.2 Å². The number of nitrogens with one attached hydrogen (secondary N) is 1. The maximum absolute atomic E-state index is 13.9. The number of anilines is 1. The average Bonchev–Trinajstić information content (AvgIpc) is 3.30. The van der Waals surface area contributed by atoms with Gasteiger partial charge < -0.3 is 19.5 Å². The van der Waals surface area contributed by atoms with Gasteiger partial charge in [0.25, 0.3) is 5.56 Å². The van der Waals surface area contributed by atoms with Gasteiger partial charge in [-0.2, -0.15) is 0 Å². The molecule has 1 fully saturated rings. The molecular weight excluding hydrogens is 580 g/mol. The zero-order valence-electron chi connectivity index (χ0n) is 22.9. The lowest BCUT2D eigenvalue weighted by Crippen LogP contribution is -2.58. The van der Waals surface area contributed by atoms with E-state index in [9.17, 15) is 19.2 Å². The standard InChI is InChI=1S/C29H26N4O7S2/c1-4-39-20-12-11-16(13-21(20)40-5-2)23-19(27(37)38-3)15-30-29-33(23)26(36)22(42-29)14-18-24(34)31-28(41)32(25(18)35)17-9-7-6-8-10-17/h6-15,18,23H,4-5H2,1-3H3,(H,31,34,41)/b22-14-/t18-,23+/m0/s1. The molecule has 2 atom stereocenters. The van der Waals surface area contributed by atoms with Crippen molar-refractivity contribution in [2.45, 2.75) is 19.9 Å². The highest BCUT2D eigenvalue weighted by atomic mass is 32.1. The van der Waals surface area contributed by atoms with Crippen LogP contribution in [0.15, 0.2) is 70.1 Å². The number of esters is 1. The highest BCUT2D eigenvalue weighted by Gasteiger charge is 2.39. The Labute approximate surface area is 249 Å². The number of carbonyl (C=O) groups excluding carboxylic acids is 3. The van der Waals surface area contributed by atoms with Gasteiger partial charge in [0.15, 0.2) is 21.4 Å². The predicted molar refractivity (Wildman–Crippen MR) is 159 cm³/mol. The topological polar surface area (TPSA) is 129 Å². The maximum Gasteiger partial charge on any atom is 0.337 e. The first-order chi connectivity index (χ1) is 20.3. The van der Waals surface area contributed by atoms with E-state index in [1.54, 1.807) is 48.5 Å². The summed E-state index contributed by atoms with van der Waals surface area (Å²) in [7, 11) is 1.24. The summed E-state index contributed by atoms with van der Waals surface area (Å²) in [6, 6.07) is 12.9. The van der Waals surface area contributed by atoms with Crippen LogP contribution in [0.2, 0.25) is 0 Å². The number of hydrogen-bond donors (Lipinski definition) is 1. The van der Waals surface area contributed by atoms with E-state index in [0.29, 0.717) is 36.0 Å². The normalized spacial score (nSPS) is 18.5. The van der Waals surface area contributed by atoms with Crippen molar-refractivity contribution < 1.29 is 28.6 Å². The molecule has 2 amide bonds. The third kappa shape index (κ3) is 5.23. The van der Waals surface area contributed by atoms with Crippen LogP contribution in [0.5, 0.6) is 11.5 Å². The first-order valence-corrected chi connectivity index (χ1v) is 14.2. The van der Waals surface area contributed by atoms with Gasteiger partial charge in [-0.15, -0.1) is 0 Å². The molecule has 5 rings (SSSR count). The Kier molecular flexibility index (Phi) is 8.31. The van der Waals surface area contributed by atoms with Gasteiger partial charge in [0.05, 0.1) is 42.2 Å². The summed E-state index contributed by atoms with van der Waals surface area (Å²) in [5.41, 5.74) is 0.615. The molecule has 0 radical (unpaired) electrons. The van der Waals surface area contributed by atoms with Crippen LogP contribution in [0.25, 0.3) is 6.08 Å². The lowest BCUT2D eigenvalue weighted by atomic mass is 9.97. The molecular formula is C29H26N4O7S2. The highest BCUT2D eigenvalue weighted by molar-refractivity contribution is 7.80. The van der Waals surface area contributed by atoms with E-state index >= 15 is 0 Å². The first kappa shape index (κ1) is 28.9. The van der Waals surface area contributed by atoms with Gasteiger partial charge in [0.2, 0.25) is 11.8 Å². The fraction of sp³-hybridized carbons (Fsp3) is 0.241. The molecule has 3 heterocycles. The van der Waals surface area contributed by atoms with Crippen LogP contribution in [-0.4, -0.2) is 47.8 Å². The second-order valence-electron chi connectivity index (χ2n) is 9.05. The number of aromatic nitrogens is 1. The molecule has 13 heteroatoms. The minimum atomic E-state index is -1.33. The van der Waals surface area contributed by atoms with E-state index in [2.05, 4.69) is 10.3 Å². The molecule has 0 saturated carbocycles. The number of benzene rings is 2. The lowest BCUT2D eigenvalue weighted by Gasteiger charge is -2.31. The smallest absolute Gasteiger partial charge is 0.337 e. The van der Waals surface area contributed by atoms with Crippen LogP contribution < -0.4 is 34.6 Å². The third-order valence-corrected chi connectivity index (χ3v) is 7.84. The molecule has 1 N–H and O–H groups in total. The van der Waals surface area contributed by atoms with Gasteiger partial charge in [0.1, 0.15) is 5.92 Å². The number of para-hydroxylation sites is 1. The lowest BCUT2D eigenvalue weighted by molar-refractivity contribution is -0.136. The van der Waals surface area contributed by atoms with Crippen molar-refractivity contribution in [1.82, 2.24) is 9.88 Å². The molecule has 0 unspecified atom stereocenters. The molecule has 1 aromatic heterocycles. The summed E-state index contributed by atoms with van der Waals surface area (Å²) in [4.78, 5) is 58.9. The number of thiocarbonyl (C=S) groups is 1. The van der Waals surface area contributed by atoms with E-state index in [-0.39, 0.29) is 20.0 Å². The van der Waals surface area contributed by atoms with Crippen molar-refractivity contribution in [3.05, 3.63) is 85.6 Å². The van der Waals surface area contributed by atoms with Crippen molar-refractivity contribution in [1.29, 1.82) is 0 Å². The molecule has 3 aromatic rings. The zero-order valence-corrected chi connectivity index (χ0v) is 24.5. The van der Waals surface area contributed by atoms with E-state index in [4.69, 9.17) is 26.4 Å². The summed E-state index contributed by atoms with van der Waals surface area (Å²) in [6.45, 7) is 4.47. The molecule has 2 aliphatic rings. The minimum Gasteiger partial charge on any atom is -0.490 e. The van der Waals surface area contributed by atoms with E-state index in [0.717, 1.165) is 11.3 Å². The Balaban J connectivity index is 1.63. The van der Waals surface area contributed by atoms with Gasteiger partial charge in [0, 0.05) is 6.20 Å². The van der Waals surface area contributed by atoms with Crippen molar-refractivity contribution in [3.63, 3.8) is 0 Å². The number of amides is 2. The number of ether oxygens (including phenoxy) is 3. The average molecular weight is 607 g/mol. The van der Waals surface area contributed by atoms with Crippen LogP contribution in [0.4, 0.5) is 5.69 Å². The molecule has 2 aliphatic heterocycles. The molecule has 11 nitrogen and oxygen atoms in total. The largest absolute Gasteiger partial charge is 0.490 e. The van der Waals surface area contributed by atoms with E-state index in [1.807, 2.05) is 13.8 Å². The first-order valence-electron chi connectivity index (χ1n) is 13.0. The molecule has 42 heavy (non-hydrogen) atoms. The minimum absolute atomic E-state index is 0.0503. The Morgan fingerprint density at radius 1 is 1.07 bits per heavy atom. The van der Waals surface area contributed by atoms with Crippen LogP contribution in [0.3, 0.4) is 0 Å². The summed E-state index contributed by atoms with van der Waals surface area (Å²) in [5, 5.41) is 2.50. The van der Waals surface area contributed by atoms with Crippen LogP contribution in [0, 0.1) is 5.92 Å². The molecule has 0 spiro atoms. The van der Waals surface area contributed by atoms with Gasteiger partial charge in [-0.3, -0.25) is 23.9 Å². The number of rotatable bonds is 8. The van der Waals surface area contributed by atoms with Crippen LogP contribution >= 0.6 is 23.6 Å². The monoisotopic (exact) mass is 606 g/mol. The summed E-state index contributed by atoms with van der Waals surface area (Å²) in [5.74, 6) is -2.28. The van der Waals surface area contributed by atoms with Crippen molar-refractivity contribution >= 4 is 58.2 Å². The third-order valence-electron chi connectivity index (χ3n) is 6.54. The van der Waals surface area contributed by atoms with Gasteiger partial charge in [-0.25, -0.2) is 9.79 Å². The molecule has 0 aliphatic carbocycles. The Hall–Kier alpha value is -4.62. The number of thiazole rings is 1. The van der Waals surface area contributed by atoms with Crippen LogP contribution in [0.1, 0.15) is 25.5 Å². The number of carbonyl (C=O) groups is 3. The van der Waals surface area contributed by atoms with E-state index < -0.39 is 35.3 Å². The Morgan fingerprint density at radius 2 is 1.79 bits per heavy atom. The summed E-state index contributed by atoms with van der Waals surface area (Å²) >= 11 is 6.26. The molecule has 0 bridgehead atoms. The molecule has 216 valence electrons. The Morgan fingerprint density at radius 3 is 2.48 bits per heavy atom. The Bertz CT molecular complexity index is 1800. The second-order valence-corrected chi connectivity index (χ2v) is 10.4. The fourth-order valence-electron chi connectivity index (χ4n) is 4.71. The fourth-order valence-corrected chi connectivity index (χ4v) is 5.99. The number of methoxy groups -OCH3 is 1.